The Balaban J connectivity index is 1.55. The Morgan fingerprint density at radius 2 is 2.21 bits per heavy atom. The van der Waals surface area contributed by atoms with Gasteiger partial charge in [0.25, 0.3) is 0 Å². The summed E-state index contributed by atoms with van der Waals surface area (Å²) in [6.07, 6.45) is 6.43. The van der Waals surface area contributed by atoms with E-state index < -0.39 is 0 Å². The molecule has 0 saturated carbocycles. The van der Waals surface area contributed by atoms with Crippen LogP contribution in [0.3, 0.4) is 0 Å². The van der Waals surface area contributed by atoms with Crippen molar-refractivity contribution in [2.24, 2.45) is 0 Å². The van der Waals surface area contributed by atoms with Crippen molar-refractivity contribution in [2.75, 3.05) is 32.1 Å². The minimum atomic E-state index is 0.0385. The minimum Gasteiger partial charge on any atom is -0.481 e. The van der Waals surface area contributed by atoms with Crippen molar-refractivity contribution in [3.8, 4) is 5.88 Å². The lowest BCUT2D eigenvalue weighted by Crippen LogP contribution is -2.47. The van der Waals surface area contributed by atoms with E-state index in [0.29, 0.717) is 11.8 Å². The molecule has 0 aliphatic carbocycles. The van der Waals surface area contributed by atoms with Gasteiger partial charge < -0.3 is 14.5 Å². The number of rotatable bonds is 5. The highest BCUT2D eigenvalue weighted by Crippen LogP contribution is 2.20. The van der Waals surface area contributed by atoms with Gasteiger partial charge in [-0.05, 0) is 12.8 Å². The normalized spacial score (nSPS) is 15.3. The average molecular weight is 331 g/mol. The molecule has 0 aromatic carbocycles. The second-order valence-electron chi connectivity index (χ2n) is 5.71. The van der Waals surface area contributed by atoms with Crippen LogP contribution in [-0.2, 0) is 11.3 Å². The molecule has 9 nitrogen and oxygen atoms in total. The zero-order valence-electron chi connectivity index (χ0n) is 13.9. The monoisotopic (exact) mass is 331 g/mol. The maximum atomic E-state index is 12.3. The van der Waals surface area contributed by atoms with Gasteiger partial charge in [0.05, 0.1) is 7.11 Å². The van der Waals surface area contributed by atoms with Gasteiger partial charge in [-0.15, -0.1) is 0 Å². The van der Waals surface area contributed by atoms with E-state index in [-0.39, 0.29) is 18.5 Å². The van der Waals surface area contributed by atoms with Gasteiger partial charge in [-0.2, -0.15) is 10.1 Å². The van der Waals surface area contributed by atoms with E-state index in [4.69, 9.17) is 4.74 Å². The summed E-state index contributed by atoms with van der Waals surface area (Å²) in [5.74, 6) is 1.27. The molecule has 24 heavy (non-hydrogen) atoms. The molecule has 1 aliphatic heterocycles. The van der Waals surface area contributed by atoms with Crippen molar-refractivity contribution >= 4 is 11.9 Å². The maximum absolute atomic E-state index is 12.3. The van der Waals surface area contributed by atoms with Crippen molar-refractivity contribution in [1.29, 1.82) is 0 Å². The number of likely N-dealkylation sites (N-methyl/N-ethyl adjacent to an activating group) is 1. The lowest BCUT2D eigenvalue weighted by atomic mass is 10.0. The van der Waals surface area contributed by atoms with Gasteiger partial charge in [0, 0.05) is 38.4 Å². The molecule has 9 heteroatoms. The van der Waals surface area contributed by atoms with E-state index in [9.17, 15) is 4.79 Å². The molecule has 0 bridgehead atoms. The van der Waals surface area contributed by atoms with Crippen molar-refractivity contribution in [2.45, 2.75) is 25.4 Å². The highest BCUT2D eigenvalue weighted by Gasteiger charge is 2.26. The van der Waals surface area contributed by atoms with Gasteiger partial charge in [-0.1, -0.05) is 0 Å². The second kappa shape index (κ2) is 7.24. The molecule has 3 heterocycles. The first kappa shape index (κ1) is 16.2. The molecule has 0 radical (unpaired) electrons. The first-order valence-electron chi connectivity index (χ1n) is 7.87. The zero-order chi connectivity index (χ0) is 16.9. The molecule has 2 aromatic rings. The highest BCUT2D eigenvalue weighted by molar-refractivity contribution is 5.75. The molecule has 1 amide bonds. The molecular formula is C15H21N7O2. The van der Waals surface area contributed by atoms with E-state index in [2.05, 4.69) is 25.0 Å². The van der Waals surface area contributed by atoms with Gasteiger partial charge in [0.1, 0.15) is 19.2 Å². The van der Waals surface area contributed by atoms with Crippen LogP contribution in [0.2, 0.25) is 0 Å². The number of ether oxygens (including phenoxy) is 1. The molecular weight excluding hydrogens is 310 g/mol. The van der Waals surface area contributed by atoms with Gasteiger partial charge in [0.15, 0.2) is 0 Å². The molecule has 1 fully saturated rings. The number of amides is 1. The lowest BCUT2D eigenvalue weighted by Gasteiger charge is -2.36. The number of piperidine rings is 1. The zero-order valence-corrected chi connectivity index (χ0v) is 13.9. The molecule has 0 unspecified atom stereocenters. The van der Waals surface area contributed by atoms with E-state index in [1.807, 2.05) is 11.9 Å². The van der Waals surface area contributed by atoms with Crippen LogP contribution < -0.4 is 9.64 Å². The summed E-state index contributed by atoms with van der Waals surface area (Å²) in [6.45, 7) is 1.83. The van der Waals surface area contributed by atoms with Crippen LogP contribution >= 0.6 is 0 Å². The van der Waals surface area contributed by atoms with Gasteiger partial charge >= 0.3 is 0 Å². The standard InChI is InChI=1S/C15H21N7O2/c1-20(14(23)9-22-11-16-10-18-22)12-4-7-21(8-5-12)15-17-6-3-13(19-15)24-2/h3,6,10-12H,4-5,7-9H2,1-2H3. The molecule has 2 aromatic heterocycles. The van der Waals surface area contributed by atoms with E-state index >= 15 is 0 Å². The quantitative estimate of drug-likeness (QED) is 0.773. The lowest BCUT2D eigenvalue weighted by molar-refractivity contribution is -0.133. The maximum Gasteiger partial charge on any atom is 0.244 e. The largest absolute Gasteiger partial charge is 0.481 e. The van der Waals surface area contributed by atoms with E-state index in [1.54, 1.807) is 25.7 Å². The summed E-state index contributed by atoms with van der Waals surface area (Å²) < 4.78 is 6.68. The first-order chi connectivity index (χ1) is 11.7. The Labute approximate surface area is 140 Å². The Bertz CT molecular complexity index is 668. The second-order valence-corrected chi connectivity index (χ2v) is 5.71. The molecule has 1 aliphatic rings. The van der Waals surface area contributed by atoms with Crippen LogP contribution in [0.4, 0.5) is 5.95 Å². The van der Waals surface area contributed by atoms with Crippen molar-refractivity contribution < 1.29 is 9.53 Å². The molecule has 3 rings (SSSR count). The Morgan fingerprint density at radius 1 is 1.42 bits per heavy atom. The molecule has 0 spiro atoms. The summed E-state index contributed by atoms with van der Waals surface area (Å²) in [6, 6.07) is 1.94. The predicted octanol–water partition coefficient (Wildman–Crippen LogP) is 0.204. The molecule has 1 saturated heterocycles. The fourth-order valence-corrected chi connectivity index (χ4v) is 2.82. The number of anilines is 1. The first-order valence-corrected chi connectivity index (χ1v) is 7.87. The Kier molecular flexibility index (Phi) is 4.88. The Hall–Kier alpha value is -2.71. The summed E-state index contributed by atoms with van der Waals surface area (Å²) in [4.78, 5) is 28.8. The SMILES string of the molecule is COc1ccnc(N2CCC(N(C)C(=O)Cn3cncn3)CC2)n1. The molecule has 0 atom stereocenters. The van der Waals surface area contributed by atoms with Crippen LogP contribution in [0.15, 0.2) is 24.9 Å². The van der Waals surface area contributed by atoms with Crippen LogP contribution in [0.1, 0.15) is 12.8 Å². The number of aromatic nitrogens is 5. The number of carbonyl (C=O) groups excluding carboxylic acids is 1. The third-order valence-electron chi connectivity index (χ3n) is 4.28. The molecule has 0 N–H and O–H groups in total. The average Bonchev–Trinajstić information content (AvgIpc) is 3.14. The van der Waals surface area contributed by atoms with Crippen LogP contribution in [0.5, 0.6) is 5.88 Å². The van der Waals surface area contributed by atoms with Gasteiger partial charge in [-0.25, -0.2) is 14.6 Å². The predicted molar refractivity (Wildman–Crippen MR) is 86.6 cm³/mol. The third kappa shape index (κ3) is 3.61. The number of methoxy groups -OCH3 is 1. The van der Waals surface area contributed by atoms with Gasteiger partial charge in [-0.3, -0.25) is 4.79 Å². The summed E-state index contributed by atoms with van der Waals surface area (Å²) in [5.41, 5.74) is 0. The number of nitrogens with zero attached hydrogens (tertiary/aromatic N) is 7. The number of hydrogen-bond acceptors (Lipinski definition) is 7. The number of hydrogen-bond donors (Lipinski definition) is 0. The van der Waals surface area contributed by atoms with Crippen LogP contribution in [0.25, 0.3) is 0 Å². The van der Waals surface area contributed by atoms with E-state index in [1.165, 1.54) is 11.0 Å². The summed E-state index contributed by atoms with van der Waals surface area (Å²) >= 11 is 0. The van der Waals surface area contributed by atoms with Crippen LogP contribution in [-0.4, -0.2) is 68.8 Å². The fraction of sp³-hybridized carbons (Fsp3) is 0.533. The molecule has 128 valence electrons. The number of carbonyl (C=O) groups is 1. The van der Waals surface area contributed by atoms with Crippen molar-refractivity contribution in [3.63, 3.8) is 0 Å². The van der Waals surface area contributed by atoms with Crippen molar-refractivity contribution in [3.05, 3.63) is 24.9 Å². The minimum absolute atomic E-state index is 0.0385. The topological polar surface area (TPSA) is 89.3 Å². The summed E-state index contributed by atoms with van der Waals surface area (Å²) in [7, 11) is 3.44. The fourth-order valence-electron chi connectivity index (χ4n) is 2.82. The van der Waals surface area contributed by atoms with E-state index in [0.717, 1.165) is 25.9 Å². The smallest absolute Gasteiger partial charge is 0.244 e. The van der Waals surface area contributed by atoms with Crippen LogP contribution in [0, 0.1) is 0 Å². The summed E-state index contributed by atoms with van der Waals surface area (Å²) in [5, 5.41) is 3.97. The van der Waals surface area contributed by atoms with Gasteiger partial charge in [0.2, 0.25) is 17.7 Å². The van der Waals surface area contributed by atoms with Crippen molar-refractivity contribution in [1.82, 2.24) is 29.6 Å². The third-order valence-corrected chi connectivity index (χ3v) is 4.28. The highest BCUT2D eigenvalue weighted by atomic mass is 16.5. The Morgan fingerprint density at radius 3 is 2.88 bits per heavy atom.